The van der Waals surface area contributed by atoms with Gasteiger partial charge in [0, 0.05) is 5.56 Å². The van der Waals surface area contributed by atoms with Gasteiger partial charge in [-0.1, -0.05) is 59.7 Å². The second-order valence-electron chi connectivity index (χ2n) is 6.52. The van der Waals surface area contributed by atoms with E-state index in [1.165, 1.54) is 22.3 Å². The maximum Gasteiger partial charge on any atom is 0.103 e. The number of aryl methyl sites for hydroxylation is 2. The Hall–Kier alpha value is -2.13. The number of nitrogens with zero attached hydrogens (tertiary/aromatic N) is 2. The third-order valence-corrected chi connectivity index (χ3v) is 4.43. The minimum atomic E-state index is 1.03. The van der Waals surface area contributed by atoms with Crippen molar-refractivity contribution in [1.29, 1.82) is 0 Å². The van der Waals surface area contributed by atoms with Crippen molar-refractivity contribution < 1.29 is 4.90 Å². The Morgan fingerprint density at radius 2 is 1.74 bits per heavy atom. The first kappa shape index (κ1) is 15.8. The molecule has 3 heteroatoms. The van der Waals surface area contributed by atoms with Crippen LogP contribution >= 0.6 is 0 Å². The lowest BCUT2D eigenvalue weighted by Gasteiger charge is -2.30. The summed E-state index contributed by atoms with van der Waals surface area (Å²) in [5.41, 5.74) is 5.22. The van der Waals surface area contributed by atoms with E-state index in [1.54, 1.807) is 4.90 Å². The van der Waals surface area contributed by atoms with Crippen LogP contribution in [0.2, 0.25) is 0 Å². The minimum Gasteiger partial charge on any atom is -0.328 e. The zero-order valence-electron chi connectivity index (χ0n) is 14.1. The lowest BCUT2D eigenvalue weighted by molar-refractivity contribution is -0.918. The first-order valence-corrected chi connectivity index (χ1v) is 8.44. The first-order chi connectivity index (χ1) is 11.2. The van der Waals surface area contributed by atoms with Gasteiger partial charge in [-0.05, 0) is 19.4 Å². The molecule has 0 radical (unpaired) electrons. The number of hydrogen-bond acceptors (Lipinski definition) is 2. The number of rotatable bonds is 4. The van der Waals surface area contributed by atoms with Crippen LogP contribution in [-0.4, -0.2) is 37.4 Å². The number of hydrazone groups is 1. The van der Waals surface area contributed by atoms with Gasteiger partial charge < -0.3 is 4.90 Å². The molecule has 0 unspecified atom stereocenters. The van der Waals surface area contributed by atoms with Crippen molar-refractivity contribution in [2.24, 2.45) is 5.10 Å². The summed E-state index contributed by atoms with van der Waals surface area (Å²) in [6, 6.07) is 17.4. The maximum atomic E-state index is 4.64. The van der Waals surface area contributed by atoms with Gasteiger partial charge in [0.2, 0.25) is 0 Å². The van der Waals surface area contributed by atoms with Crippen molar-refractivity contribution >= 4 is 6.21 Å². The van der Waals surface area contributed by atoms with Gasteiger partial charge in [0.05, 0.1) is 32.4 Å². The third kappa shape index (κ3) is 4.67. The second kappa shape index (κ2) is 7.42. The zero-order chi connectivity index (χ0) is 16.1. The quantitative estimate of drug-likeness (QED) is 0.857. The molecule has 1 saturated heterocycles. The molecule has 0 aromatic heterocycles. The highest BCUT2D eigenvalue weighted by Crippen LogP contribution is 2.03. The molecule has 0 amide bonds. The summed E-state index contributed by atoms with van der Waals surface area (Å²) in [6.45, 7) is 9.74. The van der Waals surface area contributed by atoms with Crippen molar-refractivity contribution in [3.05, 3.63) is 70.8 Å². The molecule has 3 rings (SSSR count). The number of benzene rings is 2. The van der Waals surface area contributed by atoms with Crippen molar-refractivity contribution in [1.82, 2.24) is 5.01 Å². The molecule has 2 aromatic rings. The molecule has 1 heterocycles. The van der Waals surface area contributed by atoms with Gasteiger partial charge in [-0.2, -0.15) is 5.10 Å². The number of quaternary nitrogens is 1. The number of hydrogen-bond donors (Lipinski definition) is 1. The van der Waals surface area contributed by atoms with Gasteiger partial charge >= 0.3 is 0 Å². The normalized spacial score (nSPS) is 16.2. The summed E-state index contributed by atoms with van der Waals surface area (Å²) in [5, 5.41) is 6.84. The lowest BCUT2D eigenvalue weighted by atomic mass is 10.1. The Morgan fingerprint density at radius 1 is 1.00 bits per heavy atom. The monoisotopic (exact) mass is 308 g/mol. The van der Waals surface area contributed by atoms with Gasteiger partial charge in [0.25, 0.3) is 0 Å². The van der Waals surface area contributed by atoms with Gasteiger partial charge in [0.15, 0.2) is 0 Å². The Morgan fingerprint density at radius 3 is 2.43 bits per heavy atom. The molecule has 1 aliphatic rings. The van der Waals surface area contributed by atoms with Crippen molar-refractivity contribution in [3.8, 4) is 0 Å². The van der Waals surface area contributed by atoms with Crippen LogP contribution in [0.4, 0.5) is 0 Å². The summed E-state index contributed by atoms with van der Waals surface area (Å²) < 4.78 is 0. The fourth-order valence-corrected chi connectivity index (χ4v) is 3.00. The van der Waals surface area contributed by atoms with Gasteiger partial charge in [-0.25, -0.2) is 0 Å². The van der Waals surface area contributed by atoms with E-state index in [-0.39, 0.29) is 0 Å². The van der Waals surface area contributed by atoms with Crippen molar-refractivity contribution in [2.45, 2.75) is 20.4 Å². The first-order valence-electron chi connectivity index (χ1n) is 8.44. The average Bonchev–Trinajstić information content (AvgIpc) is 2.56. The van der Waals surface area contributed by atoms with Crippen LogP contribution in [0.3, 0.4) is 0 Å². The zero-order valence-corrected chi connectivity index (χ0v) is 14.1. The van der Waals surface area contributed by atoms with E-state index in [0.717, 1.165) is 32.7 Å². The average molecular weight is 308 g/mol. The minimum absolute atomic E-state index is 1.03. The molecule has 120 valence electrons. The van der Waals surface area contributed by atoms with Crippen molar-refractivity contribution in [2.75, 3.05) is 26.2 Å². The Kier molecular flexibility index (Phi) is 5.09. The standard InChI is InChI=1S/C20H25N3/c1-17-6-8-19(9-7-17)16-22-10-12-23(13-11-22)21-15-20-5-3-4-18(2)14-20/h3-9,14-15H,10-13,16H2,1-2H3/p+1/b21-15-. The van der Waals surface area contributed by atoms with Crippen LogP contribution in [0.1, 0.15) is 22.3 Å². The Balaban J connectivity index is 1.49. The van der Waals surface area contributed by atoms with Crippen LogP contribution in [0, 0.1) is 13.8 Å². The predicted octanol–water partition coefficient (Wildman–Crippen LogP) is 2.04. The van der Waals surface area contributed by atoms with Gasteiger partial charge in [0.1, 0.15) is 6.54 Å². The topological polar surface area (TPSA) is 20.0 Å². The fourth-order valence-electron chi connectivity index (χ4n) is 3.00. The van der Waals surface area contributed by atoms with E-state index in [9.17, 15) is 0 Å². The Bertz CT molecular complexity index is 653. The number of nitrogens with one attached hydrogen (secondary N) is 1. The third-order valence-electron chi connectivity index (χ3n) is 4.43. The van der Waals surface area contributed by atoms with E-state index in [4.69, 9.17) is 0 Å². The summed E-state index contributed by atoms with van der Waals surface area (Å²) in [6.07, 6.45) is 1.98. The maximum absolute atomic E-state index is 4.64. The van der Waals surface area contributed by atoms with E-state index >= 15 is 0 Å². The lowest BCUT2D eigenvalue weighted by Crippen LogP contribution is -3.13. The van der Waals surface area contributed by atoms with Crippen LogP contribution in [-0.2, 0) is 6.54 Å². The van der Waals surface area contributed by atoms with Crippen molar-refractivity contribution in [3.63, 3.8) is 0 Å². The largest absolute Gasteiger partial charge is 0.328 e. The fraction of sp³-hybridized carbons (Fsp3) is 0.350. The molecule has 0 atom stereocenters. The van der Waals surface area contributed by atoms with Gasteiger partial charge in [-0.15, -0.1) is 0 Å². The molecule has 1 fully saturated rings. The number of piperazine rings is 1. The molecule has 1 N–H and O–H groups in total. The molecule has 0 spiro atoms. The molecular weight excluding hydrogens is 282 g/mol. The van der Waals surface area contributed by atoms with E-state index < -0.39 is 0 Å². The summed E-state index contributed by atoms with van der Waals surface area (Å²) >= 11 is 0. The molecule has 3 nitrogen and oxygen atoms in total. The van der Waals surface area contributed by atoms with Crippen LogP contribution in [0.5, 0.6) is 0 Å². The summed E-state index contributed by atoms with van der Waals surface area (Å²) in [4.78, 5) is 1.65. The highest BCUT2D eigenvalue weighted by Gasteiger charge is 2.18. The molecule has 0 saturated carbocycles. The van der Waals surface area contributed by atoms with Gasteiger partial charge in [-0.3, -0.25) is 5.01 Å². The molecule has 23 heavy (non-hydrogen) atoms. The summed E-state index contributed by atoms with van der Waals surface area (Å²) in [7, 11) is 0. The Labute approximate surface area is 139 Å². The molecule has 2 aromatic carbocycles. The SMILES string of the molecule is Cc1ccc(C[NH+]2CCN(/N=C\c3cccc(C)c3)CC2)cc1. The highest BCUT2D eigenvalue weighted by atomic mass is 15.5. The predicted molar refractivity (Wildman–Crippen MR) is 95.9 cm³/mol. The van der Waals surface area contributed by atoms with Crippen LogP contribution in [0.25, 0.3) is 0 Å². The van der Waals surface area contributed by atoms with Crippen LogP contribution < -0.4 is 4.90 Å². The molecule has 0 bridgehead atoms. The van der Waals surface area contributed by atoms with Crippen LogP contribution in [0.15, 0.2) is 53.6 Å². The molecular formula is C20H26N3+. The second-order valence-corrected chi connectivity index (χ2v) is 6.52. The summed E-state index contributed by atoms with van der Waals surface area (Å²) in [5.74, 6) is 0. The van der Waals surface area contributed by atoms with E-state index in [0.29, 0.717) is 0 Å². The van der Waals surface area contributed by atoms with E-state index in [1.807, 2.05) is 6.21 Å². The molecule has 1 aliphatic heterocycles. The smallest absolute Gasteiger partial charge is 0.103 e. The highest BCUT2D eigenvalue weighted by molar-refractivity contribution is 5.79. The van der Waals surface area contributed by atoms with E-state index in [2.05, 4.69) is 72.5 Å². The molecule has 0 aliphatic carbocycles.